The van der Waals surface area contributed by atoms with Gasteiger partial charge in [-0.2, -0.15) is 0 Å². The molecule has 2 rings (SSSR count). The minimum Gasteiger partial charge on any atom is -0.493 e. The molecule has 152 valence electrons. The first kappa shape index (κ1) is 22.4. The molecule has 0 bridgehead atoms. The fourth-order valence-corrected chi connectivity index (χ4v) is 3.13. The van der Waals surface area contributed by atoms with Crippen LogP contribution in [-0.2, 0) is 11.3 Å². The lowest BCUT2D eigenvalue weighted by molar-refractivity contribution is -0.123. The van der Waals surface area contributed by atoms with Crippen molar-refractivity contribution in [3.05, 3.63) is 51.5 Å². The molecule has 7 heteroatoms. The first-order valence-corrected chi connectivity index (χ1v) is 10.2. The highest BCUT2D eigenvalue weighted by Crippen LogP contribution is 2.29. The Morgan fingerprint density at radius 3 is 2.54 bits per heavy atom. The topological polar surface area (TPSA) is 56.8 Å². The Hall–Kier alpha value is -1.92. The number of ether oxygens (including phenoxy) is 3. The normalized spacial score (nSPS) is 10.6. The van der Waals surface area contributed by atoms with Crippen molar-refractivity contribution in [1.29, 1.82) is 0 Å². The number of halogens is 2. The van der Waals surface area contributed by atoms with Crippen molar-refractivity contribution in [1.82, 2.24) is 5.32 Å². The van der Waals surface area contributed by atoms with E-state index in [2.05, 4.69) is 35.1 Å². The molecular formula is C21H25BrClNO4. The van der Waals surface area contributed by atoms with Crippen molar-refractivity contribution < 1.29 is 19.0 Å². The number of hydrogen-bond donors (Lipinski definition) is 1. The zero-order chi connectivity index (χ0) is 20.5. The smallest absolute Gasteiger partial charge is 0.258 e. The number of nitrogens with one attached hydrogen (secondary N) is 1. The van der Waals surface area contributed by atoms with Gasteiger partial charge in [0.15, 0.2) is 18.1 Å². The zero-order valence-electron chi connectivity index (χ0n) is 16.3. The van der Waals surface area contributed by atoms with Gasteiger partial charge in [0, 0.05) is 11.6 Å². The number of hydrogen-bond acceptors (Lipinski definition) is 4. The molecule has 0 saturated heterocycles. The predicted molar refractivity (Wildman–Crippen MR) is 114 cm³/mol. The van der Waals surface area contributed by atoms with Crippen LogP contribution >= 0.6 is 27.5 Å². The van der Waals surface area contributed by atoms with Gasteiger partial charge in [-0.25, -0.2) is 0 Å². The minimum atomic E-state index is -0.224. The van der Waals surface area contributed by atoms with Gasteiger partial charge in [0.25, 0.3) is 5.91 Å². The molecule has 2 aromatic carbocycles. The van der Waals surface area contributed by atoms with Gasteiger partial charge in [0.1, 0.15) is 5.75 Å². The Morgan fingerprint density at radius 1 is 1.11 bits per heavy atom. The standard InChI is InChI=1S/C21H25BrClNO4/c1-14(2)8-9-27-19-6-4-15(10-20(19)26-3)12-24-21(25)13-28-18-7-5-16(23)11-17(18)22/h4-7,10-11,14H,8-9,12-13H2,1-3H3,(H,24,25). The maximum absolute atomic E-state index is 12.1. The minimum absolute atomic E-state index is 0.0895. The van der Waals surface area contributed by atoms with E-state index in [-0.39, 0.29) is 12.5 Å². The first-order chi connectivity index (χ1) is 13.4. The molecule has 5 nitrogen and oxygen atoms in total. The Morgan fingerprint density at radius 2 is 1.86 bits per heavy atom. The second-order valence-electron chi connectivity index (χ2n) is 6.66. The average molecular weight is 471 g/mol. The van der Waals surface area contributed by atoms with E-state index in [1.165, 1.54) is 0 Å². The van der Waals surface area contributed by atoms with Crippen molar-refractivity contribution in [3.63, 3.8) is 0 Å². The van der Waals surface area contributed by atoms with Crippen molar-refractivity contribution in [2.24, 2.45) is 5.92 Å². The maximum Gasteiger partial charge on any atom is 0.258 e. The van der Waals surface area contributed by atoms with Crippen LogP contribution in [0.4, 0.5) is 0 Å². The van der Waals surface area contributed by atoms with E-state index in [1.54, 1.807) is 25.3 Å². The van der Waals surface area contributed by atoms with Gasteiger partial charge in [-0.1, -0.05) is 31.5 Å². The van der Waals surface area contributed by atoms with Crippen LogP contribution in [0.25, 0.3) is 0 Å². The molecule has 2 aromatic rings. The van der Waals surface area contributed by atoms with E-state index in [9.17, 15) is 4.79 Å². The number of carbonyl (C=O) groups is 1. The molecule has 0 radical (unpaired) electrons. The Labute approximate surface area is 179 Å². The van der Waals surface area contributed by atoms with Gasteiger partial charge in [0.2, 0.25) is 0 Å². The molecule has 0 saturated carbocycles. The monoisotopic (exact) mass is 469 g/mol. The molecule has 28 heavy (non-hydrogen) atoms. The highest BCUT2D eigenvalue weighted by Gasteiger charge is 2.09. The Balaban J connectivity index is 1.84. The van der Waals surface area contributed by atoms with Crippen LogP contribution in [0.1, 0.15) is 25.8 Å². The lowest BCUT2D eigenvalue weighted by Crippen LogP contribution is -2.28. The summed E-state index contributed by atoms with van der Waals surface area (Å²) in [5, 5.41) is 3.42. The van der Waals surface area contributed by atoms with Crippen LogP contribution in [0, 0.1) is 5.92 Å². The molecule has 0 fully saturated rings. The second-order valence-corrected chi connectivity index (χ2v) is 7.95. The van der Waals surface area contributed by atoms with E-state index in [0.29, 0.717) is 45.8 Å². The van der Waals surface area contributed by atoms with Crippen LogP contribution in [0.3, 0.4) is 0 Å². The van der Waals surface area contributed by atoms with E-state index >= 15 is 0 Å². The zero-order valence-corrected chi connectivity index (χ0v) is 18.6. The largest absolute Gasteiger partial charge is 0.493 e. The highest BCUT2D eigenvalue weighted by molar-refractivity contribution is 9.10. The summed E-state index contributed by atoms with van der Waals surface area (Å²) in [4.78, 5) is 12.1. The molecule has 0 aliphatic carbocycles. The summed E-state index contributed by atoms with van der Waals surface area (Å²) in [6, 6.07) is 10.8. The third-order valence-electron chi connectivity index (χ3n) is 3.92. The summed E-state index contributed by atoms with van der Waals surface area (Å²) in [5.74, 6) is 2.27. The summed E-state index contributed by atoms with van der Waals surface area (Å²) in [7, 11) is 1.60. The van der Waals surface area contributed by atoms with E-state index in [1.807, 2.05) is 18.2 Å². The van der Waals surface area contributed by atoms with Crippen molar-refractivity contribution in [2.75, 3.05) is 20.3 Å². The lowest BCUT2D eigenvalue weighted by Gasteiger charge is -2.13. The molecule has 0 aliphatic rings. The predicted octanol–water partition coefficient (Wildman–Crippen LogP) is 5.23. The van der Waals surface area contributed by atoms with Crippen molar-refractivity contribution in [3.8, 4) is 17.2 Å². The van der Waals surface area contributed by atoms with E-state index in [0.717, 1.165) is 12.0 Å². The highest BCUT2D eigenvalue weighted by atomic mass is 79.9. The first-order valence-electron chi connectivity index (χ1n) is 9.03. The second kappa shape index (κ2) is 11.2. The molecule has 1 amide bonds. The van der Waals surface area contributed by atoms with Gasteiger partial charge in [-0.05, 0) is 64.2 Å². The molecule has 0 spiro atoms. The molecule has 1 N–H and O–H groups in total. The van der Waals surface area contributed by atoms with E-state index < -0.39 is 0 Å². The molecule has 0 heterocycles. The van der Waals surface area contributed by atoms with Gasteiger partial charge in [-0.15, -0.1) is 0 Å². The number of amides is 1. The average Bonchev–Trinajstić information content (AvgIpc) is 2.66. The number of rotatable bonds is 10. The summed E-state index contributed by atoms with van der Waals surface area (Å²) >= 11 is 9.25. The lowest BCUT2D eigenvalue weighted by atomic mass is 10.1. The summed E-state index contributed by atoms with van der Waals surface area (Å²) in [6.45, 7) is 5.23. The molecular weight excluding hydrogens is 446 g/mol. The van der Waals surface area contributed by atoms with Crippen LogP contribution in [0.5, 0.6) is 17.2 Å². The fraction of sp³-hybridized carbons (Fsp3) is 0.381. The number of methoxy groups -OCH3 is 1. The van der Waals surface area contributed by atoms with Crippen LogP contribution in [-0.4, -0.2) is 26.2 Å². The SMILES string of the molecule is COc1cc(CNC(=O)COc2ccc(Cl)cc2Br)ccc1OCCC(C)C. The fourth-order valence-electron chi connectivity index (χ4n) is 2.33. The Kier molecular flexibility index (Phi) is 8.93. The van der Waals surface area contributed by atoms with E-state index in [4.69, 9.17) is 25.8 Å². The summed E-state index contributed by atoms with van der Waals surface area (Å²) in [6.07, 6.45) is 0.977. The van der Waals surface area contributed by atoms with Gasteiger partial charge in [0.05, 0.1) is 18.2 Å². The molecule has 0 atom stereocenters. The van der Waals surface area contributed by atoms with Crippen LogP contribution in [0.15, 0.2) is 40.9 Å². The summed E-state index contributed by atoms with van der Waals surface area (Å²) in [5.41, 5.74) is 0.911. The maximum atomic E-state index is 12.1. The number of benzene rings is 2. The quantitative estimate of drug-likeness (QED) is 0.516. The van der Waals surface area contributed by atoms with Crippen LogP contribution in [0.2, 0.25) is 5.02 Å². The van der Waals surface area contributed by atoms with Crippen molar-refractivity contribution in [2.45, 2.75) is 26.8 Å². The Bertz CT molecular complexity index is 798. The third kappa shape index (κ3) is 7.24. The molecule has 0 aliphatic heterocycles. The molecule has 0 unspecified atom stereocenters. The van der Waals surface area contributed by atoms with Gasteiger partial charge >= 0.3 is 0 Å². The summed E-state index contributed by atoms with van der Waals surface area (Å²) < 4.78 is 17.4. The van der Waals surface area contributed by atoms with Gasteiger partial charge in [-0.3, -0.25) is 4.79 Å². The molecule has 0 aromatic heterocycles. The van der Waals surface area contributed by atoms with Gasteiger partial charge < -0.3 is 19.5 Å². The third-order valence-corrected chi connectivity index (χ3v) is 4.78. The number of carbonyl (C=O) groups excluding carboxylic acids is 1. The van der Waals surface area contributed by atoms with Crippen molar-refractivity contribution >= 4 is 33.4 Å². The van der Waals surface area contributed by atoms with Crippen LogP contribution < -0.4 is 19.5 Å².